The minimum absolute atomic E-state index is 1.95. The van der Waals surface area contributed by atoms with E-state index < -0.39 is 7.32 Å². The lowest BCUT2D eigenvalue weighted by Gasteiger charge is -1.89. The Morgan fingerprint density at radius 2 is 1.50 bits per heavy atom. The highest BCUT2D eigenvalue weighted by atomic mass is 17.2. The van der Waals surface area contributed by atoms with Crippen LogP contribution in [0.25, 0.3) is 0 Å². The monoisotopic (exact) mass is 94.0 g/mol. The van der Waals surface area contributed by atoms with E-state index in [1.54, 1.807) is 0 Å². The van der Waals surface area contributed by atoms with E-state index in [2.05, 4.69) is 9.61 Å². The van der Waals surface area contributed by atoms with E-state index >= 15 is 0 Å². The third kappa shape index (κ3) is 2.12. The van der Waals surface area contributed by atoms with Crippen LogP contribution in [0.4, 0.5) is 0 Å². The SMILES string of the molecule is OOB(O)OO. The topological polar surface area (TPSA) is 79.2 Å². The summed E-state index contributed by atoms with van der Waals surface area (Å²) in [4.78, 5) is 5.97. The minimum Gasteiger partial charge on any atom is -0.399 e. The summed E-state index contributed by atoms with van der Waals surface area (Å²) in [5, 5.41) is 22.3. The van der Waals surface area contributed by atoms with Gasteiger partial charge in [0.1, 0.15) is 0 Å². The molecular weight excluding hydrogens is 90.8 g/mol. The first-order chi connectivity index (χ1) is 2.81. The summed E-state index contributed by atoms with van der Waals surface area (Å²) in [7, 11) is -1.95. The summed E-state index contributed by atoms with van der Waals surface area (Å²) in [6.45, 7) is 0. The maximum absolute atomic E-state index is 7.72. The van der Waals surface area contributed by atoms with Gasteiger partial charge in [0, 0.05) is 0 Å². The van der Waals surface area contributed by atoms with E-state index in [9.17, 15) is 0 Å². The Labute approximate surface area is 33.8 Å². The van der Waals surface area contributed by atoms with Crippen molar-refractivity contribution in [1.29, 1.82) is 0 Å². The fourth-order valence-electron chi connectivity index (χ4n) is 0.0192. The second kappa shape index (κ2) is 3.07. The Morgan fingerprint density at radius 1 is 1.17 bits per heavy atom. The molecule has 0 bridgehead atoms. The van der Waals surface area contributed by atoms with Crippen LogP contribution in [0.15, 0.2) is 0 Å². The molecule has 0 unspecified atom stereocenters. The molecule has 0 aromatic rings. The first-order valence-corrected chi connectivity index (χ1v) is 1.09. The van der Waals surface area contributed by atoms with Gasteiger partial charge in [-0.1, -0.05) is 0 Å². The zero-order valence-corrected chi connectivity index (χ0v) is 2.74. The van der Waals surface area contributed by atoms with Crippen molar-refractivity contribution in [3.63, 3.8) is 0 Å². The van der Waals surface area contributed by atoms with Crippen molar-refractivity contribution in [1.82, 2.24) is 0 Å². The van der Waals surface area contributed by atoms with Crippen LogP contribution in [-0.4, -0.2) is 22.9 Å². The van der Waals surface area contributed by atoms with Gasteiger partial charge in [0.2, 0.25) is 0 Å². The number of hydrogen-bond donors (Lipinski definition) is 3. The van der Waals surface area contributed by atoms with Crippen LogP contribution in [0.3, 0.4) is 0 Å². The predicted molar refractivity (Wildman–Crippen MR) is 15.4 cm³/mol. The third-order valence-electron chi connectivity index (χ3n) is 0.180. The highest BCUT2D eigenvalue weighted by molar-refractivity contribution is 6.33. The first kappa shape index (κ1) is 5.86. The van der Waals surface area contributed by atoms with Crippen LogP contribution >= 0.6 is 0 Å². The molecule has 0 saturated carbocycles. The molecule has 0 radical (unpaired) electrons. The van der Waals surface area contributed by atoms with Crippen molar-refractivity contribution in [2.24, 2.45) is 0 Å². The number of rotatable bonds is 2. The van der Waals surface area contributed by atoms with E-state index in [0.29, 0.717) is 0 Å². The molecule has 3 N–H and O–H groups in total. The fraction of sp³-hybridized carbons (Fsp3) is 0. The Hall–Kier alpha value is -0.135. The molecule has 0 spiro atoms. The zero-order valence-electron chi connectivity index (χ0n) is 2.74. The Morgan fingerprint density at radius 3 is 1.50 bits per heavy atom. The molecule has 5 nitrogen and oxygen atoms in total. The number of hydrogen-bond acceptors (Lipinski definition) is 5. The molecule has 0 atom stereocenters. The largest absolute Gasteiger partial charge is 0.693 e. The van der Waals surface area contributed by atoms with Gasteiger partial charge in [0.05, 0.1) is 0 Å². The van der Waals surface area contributed by atoms with Crippen LogP contribution in [0.2, 0.25) is 0 Å². The lowest BCUT2D eigenvalue weighted by atomic mass is 10.3. The first-order valence-electron chi connectivity index (χ1n) is 1.09. The average molecular weight is 93.8 g/mol. The molecule has 6 heteroatoms. The molecule has 0 saturated heterocycles. The molecule has 0 heterocycles. The van der Waals surface area contributed by atoms with Gasteiger partial charge in [0.25, 0.3) is 0 Å². The van der Waals surface area contributed by atoms with Crippen molar-refractivity contribution in [3.8, 4) is 0 Å². The second-order valence-electron chi connectivity index (χ2n) is 0.518. The highest BCUT2D eigenvalue weighted by Crippen LogP contribution is 1.70. The van der Waals surface area contributed by atoms with Crippen molar-refractivity contribution in [2.45, 2.75) is 0 Å². The van der Waals surface area contributed by atoms with Crippen molar-refractivity contribution in [3.05, 3.63) is 0 Å². The van der Waals surface area contributed by atoms with Crippen molar-refractivity contribution in [2.75, 3.05) is 0 Å². The molecule has 0 aliphatic rings. The van der Waals surface area contributed by atoms with Crippen LogP contribution in [0.5, 0.6) is 0 Å². The van der Waals surface area contributed by atoms with Gasteiger partial charge in [-0.2, -0.15) is 0 Å². The van der Waals surface area contributed by atoms with Crippen LogP contribution in [0, 0.1) is 0 Å². The van der Waals surface area contributed by atoms with E-state index in [0.717, 1.165) is 0 Å². The van der Waals surface area contributed by atoms with E-state index in [-0.39, 0.29) is 0 Å². The van der Waals surface area contributed by atoms with Gasteiger partial charge < -0.3 is 5.02 Å². The predicted octanol–water partition coefficient (Wildman–Crippen LogP) is -1.06. The Kier molecular flexibility index (Phi) is 3.00. The maximum Gasteiger partial charge on any atom is 0.693 e. The van der Waals surface area contributed by atoms with Crippen LogP contribution < -0.4 is 0 Å². The van der Waals surface area contributed by atoms with E-state index in [1.807, 2.05) is 0 Å². The summed E-state index contributed by atoms with van der Waals surface area (Å²) in [6, 6.07) is 0. The van der Waals surface area contributed by atoms with Gasteiger partial charge in [-0.05, 0) is 0 Å². The standard InChI is InChI=1S/BH3O5/c2-1(5-3)6-4/h2-4H. The minimum atomic E-state index is -1.95. The Balaban J connectivity index is 2.75. The molecule has 0 aromatic heterocycles. The average Bonchev–Trinajstić information content (AvgIpc) is 1.65. The summed E-state index contributed by atoms with van der Waals surface area (Å²) in [5.41, 5.74) is 0. The molecule has 6 heavy (non-hydrogen) atoms. The third-order valence-corrected chi connectivity index (χ3v) is 0.180. The van der Waals surface area contributed by atoms with Gasteiger partial charge in [-0.25, -0.2) is 9.61 Å². The quantitative estimate of drug-likeness (QED) is 0.231. The summed E-state index contributed by atoms with van der Waals surface area (Å²) < 4.78 is 0. The van der Waals surface area contributed by atoms with E-state index in [4.69, 9.17) is 15.5 Å². The molecule has 0 fully saturated rings. The molecular formula is H3BO5. The van der Waals surface area contributed by atoms with Crippen LogP contribution in [-0.2, 0) is 9.61 Å². The van der Waals surface area contributed by atoms with E-state index in [1.165, 1.54) is 0 Å². The molecule has 0 rings (SSSR count). The summed E-state index contributed by atoms with van der Waals surface area (Å²) in [5.74, 6) is 0. The highest BCUT2D eigenvalue weighted by Gasteiger charge is 2.12. The fourth-order valence-corrected chi connectivity index (χ4v) is 0.0192. The normalized spacial score (nSPS) is 8.50. The molecule has 0 aliphatic heterocycles. The molecule has 0 amide bonds. The lowest BCUT2D eigenvalue weighted by Crippen LogP contribution is -2.18. The maximum atomic E-state index is 7.72. The van der Waals surface area contributed by atoms with Crippen molar-refractivity contribution < 1.29 is 25.1 Å². The summed E-state index contributed by atoms with van der Waals surface area (Å²) in [6.07, 6.45) is 0. The lowest BCUT2D eigenvalue weighted by molar-refractivity contribution is -0.245. The molecule has 36 valence electrons. The Bertz CT molecular complexity index is 23.1. The second-order valence-corrected chi connectivity index (χ2v) is 0.518. The van der Waals surface area contributed by atoms with Gasteiger partial charge >= 0.3 is 7.32 Å². The molecule has 0 aromatic carbocycles. The van der Waals surface area contributed by atoms with Crippen LogP contribution in [0.1, 0.15) is 0 Å². The molecule has 0 aliphatic carbocycles. The summed E-state index contributed by atoms with van der Waals surface area (Å²) >= 11 is 0. The van der Waals surface area contributed by atoms with Gasteiger partial charge in [0.15, 0.2) is 0 Å². The zero-order chi connectivity index (χ0) is 4.99. The van der Waals surface area contributed by atoms with Crippen molar-refractivity contribution >= 4 is 7.32 Å². The van der Waals surface area contributed by atoms with Gasteiger partial charge in [-0.3, -0.25) is 10.5 Å². The van der Waals surface area contributed by atoms with Gasteiger partial charge in [-0.15, -0.1) is 0 Å². The smallest absolute Gasteiger partial charge is 0.399 e.